The number of fused-ring (bicyclic) bond motifs is 1. The Balaban J connectivity index is 1.87. The summed E-state index contributed by atoms with van der Waals surface area (Å²) in [5.74, 6) is 0.682. The van der Waals surface area contributed by atoms with Crippen molar-refractivity contribution in [2.24, 2.45) is 5.92 Å². The molecule has 0 spiro atoms. The maximum Gasteiger partial charge on any atom is 0.0160 e. The largest absolute Gasteiger partial charge is 0.314 e. The molecule has 0 aromatic heterocycles. The van der Waals surface area contributed by atoms with E-state index in [4.69, 9.17) is 0 Å². The van der Waals surface area contributed by atoms with E-state index in [0.29, 0.717) is 12.0 Å². The molecule has 2 aromatic rings. The fourth-order valence-corrected chi connectivity index (χ4v) is 3.50. The Kier molecular flexibility index (Phi) is 4.57. The Morgan fingerprint density at radius 3 is 2.48 bits per heavy atom. The Hall–Kier alpha value is -1.38. The van der Waals surface area contributed by atoms with Gasteiger partial charge in [-0.25, -0.2) is 0 Å². The molecule has 0 saturated carbocycles. The number of benzene rings is 2. The Morgan fingerprint density at radius 2 is 1.71 bits per heavy atom. The Bertz CT molecular complexity index is 580. The summed E-state index contributed by atoms with van der Waals surface area (Å²) in [4.78, 5) is 2.67. The molecule has 0 radical (unpaired) electrons. The van der Waals surface area contributed by atoms with E-state index < -0.39 is 0 Å². The van der Waals surface area contributed by atoms with Crippen molar-refractivity contribution in [1.82, 2.24) is 10.2 Å². The number of piperazine rings is 1. The van der Waals surface area contributed by atoms with Crippen molar-refractivity contribution in [3.8, 4) is 0 Å². The number of rotatable bonds is 4. The monoisotopic (exact) mass is 282 g/mol. The van der Waals surface area contributed by atoms with Crippen molar-refractivity contribution in [2.75, 3.05) is 26.2 Å². The van der Waals surface area contributed by atoms with Gasteiger partial charge in [0, 0.05) is 32.2 Å². The molecule has 0 bridgehead atoms. The van der Waals surface area contributed by atoms with Gasteiger partial charge in [-0.05, 0) is 28.7 Å². The lowest BCUT2D eigenvalue weighted by molar-refractivity contribution is 0.136. The first-order chi connectivity index (χ1) is 10.3. The van der Waals surface area contributed by atoms with Gasteiger partial charge in [-0.3, -0.25) is 4.90 Å². The molecule has 1 unspecified atom stereocenters. The van der Waals surface area contributed by atoms with Crippen LogP contribution in [-0.4, -0.2) is 37.1 Å². The molecule has 1 aliphatic heterocycles. The molecular weight excluding hydrogens is 256 g/mol. The smallest absolute Gasteiger partial charge is 0.0160 e. The van der Waals surface area contributed by atoms with E-state index in [1.54, 1.807) is 0 Å². The zero-order valence-corrected chi connectivity index (χ0v) is 13.2. The molecule has 2 aromatic carbocycles. The topological polar surface area (TPSA) is 15.3 Å². The molecule has 1 N–H and O–H groups in total. The van der Waals surface area contributed by atoms with Crippen LogP contribution in [0.1, 0.15) is 19.4 Å². The summed E-state index contributed by atoms with van der Waals surface area (Å²) in [6.07, 6.45) is 1.15. The van der Waals surface area contributed by atoms with Gasteiger partial charge in [0.2, 0.25) is 0 Å². The Morgan fingerprint density at radius 1 is 1.00 bits per heavy atom. The van der Waals surface area contributed by atoms with Crippen LogP contribution in [0.15, 0.2) is 42.5 Å². The van der Waals surface area contributed by atoms with Crippen molar-refractivity contribution in [3.63, 3.8) is 0 Å². The summed E-state index contributed by atoms with van der Waals surface area (Å²) < 4.78 is 0. The highest BCUT2D eigenvalue weighted by Gasteiger charge is 2.24. The first-order valence-electron chi connectivity index (χ1n) is 8.17. The molecule has 1 saturated heterocycles. The van der Waals surface area contributed by atoms with Gasteiger partial charge in [0.05, 0.1) is 0 Å². The second-order valence-electron chi connectivity index (χ2n) is 6.44. The van der Waals surface area contributed by atoms with Crippen LogP contribution in [0.3, 0.4) is 0 Å². The minimum Gasteiger partial charge on any atom is -0.314 e. The summed E-state index contributed by atoms with van der Waals surface area (Å²) in [5, 5.41) is 6.24. The summed E-state index contributed by atoms with van der Waals surface area (Å²) in [6, 6.07) is 16.1. The number of nitrogens with zero attached hydrogens (tertiary/aromatic N) is 1. The van der Waals surface area contributed by atoms with Gasteiger partial charge < -0.3 is 5.32 Å². The second-order valence-corrected chi connectivity index (χ2v) is 6.44. The van der Waals surface area contributed by atoms with Crippen LogP contribution >= 0.6 is 0 Å². The van der Waals surface area contributed by atoms with Crippen molar-refractivity contribution in [2.45, 2.75) is 26.3 Å². The molecule has 1 atom stereocenters. The van der Waals surface area contributed by atoms with Crippen LogP contribution in [-0.2, 0) is 6.42 Å². The molecule has 3 rings (SSSR count). The molecule has 112 valence electrons. The average molecular weight is 282 g/mol. The van der Waals surface area contributed by atoms with Gasteiger partial charge in [0.15, 0.2) is 0 Å². The maximum absolute atomic E-state index is 3.46. The lowest BCUT2D eigenvalue weighted by Crippen LogP contribution is -2.50. The summed E-state index contributed by atoms with van der Waals surface area (Å²) >= 11 is 0. The van der Waals surface area contributed by atoms with Crippen LogP contribution < -0.4 is 5.32 Å². The average Bonchev–Trinajstić information content (AvgIpc) is 2.53. The van der Waals surface area contributed by atoms with Gasteiger partial charge >= 0.3 is 0 Å². The highest BCUT2D eigenvalue weighted by atomic mass is 15.2. The Labute approximate surface area is 128 Å². The second kappa shape index (κ2) is 6.59. The van der Waals surface area contributed by atoms with Gasteiger partial charge in [-0.2, -0.15) is 0 Å². The van der Waals surface area contributed by atoms with Gasteiger partial charge in [0.1, 0.15) is 0 Å². The zero-order valence-electron chi connectivity index (χ0n) is 13.2. The molecule has 1 heterocycles. The van der Waals surface area contributed by atoms with E-state index in [0.717, 1.165) is 19.5 Å². The summed E-state index contributed by atoms with van der Waals surface area (Å²) in [7, 11) is 0. The number of nitrogens with one attached hydrogen (secondary N) is 1. The highest BCUT2D eigenvalue weighted by Crippen LogP contribution is 2.23. The predicted molar refractivity (Wildman–Crippen MR) is 90.7 cm³/mol. The number of hydrogen-bond acceptors (Lipinski definition) is 2. The molecule has 2 heteroatoms. The fourth-order valence-electron chi connectivity index (χ4n) is 3.50. The quantitative estimate of drug-likeness (QED) is 0.925. The maximum atomic E-state index is 3.46. The lowest BCUT2D eigenvalue weighted by atomic mass is 9.91. The fraction of sp³-hybridized carbons (Fsp3) is 0.474. The lowest BCUT2D eigenvalue weighted by Gasteiger charge is -2.37. The number of hydrogen-bond donors (Lipinski definition) is 1. The normalized spacial score (nSPS) is 18.2. The SMILES string of the molecule is CC(C)C(Cc1cccc2ccccc12)N1CCNCC1. The minimum atomic E-state index is 0.637. The molecule has 0 aliphatic carbocycles. The van der Waals surface area contributed by atoms with E-state index >= 15 is 0 Å². The molecule has 1 aliphatic rings. The zero-order chi connectivity index (χ0) is 14.7. The van der Waals surface area contributed by atoms with Crippen LogP contribution in [0, 0.1) is 5.92 Å². The summed E-state index contributed by atoms with van der Waals surface area (Å²) in [6.45, 7) is 9.31. The predicted octanol–water partition coefficient (Wildman–Crippen LogP) is 3.31. The van der Waals surface area contributed by atoms with Crippen LogP contribution in [0.25, 0.3) is 10.8 Å². The third-order valence-corrected chi connectivity index (χ3v) is 4.70. The molecule has 21 heavy (non-hydrogen) atoms. The molecular formula is C19H26N2. The first-order valence-corrected chi connectivity index (χ1v) is 8.17. The molecule has 1 fully saturated rings. The van der Waals surface area contributed by atoms with Gasteiger partial charge in [-0.1, -0.05) is 56.3 Å². The third-order valence-electron chi connectivity index (χ3n) is 4.70. The van der Waals surface area contributed by atoms with Crippen molar-refractivity contribution in [1.29, 1.82) is 0 Å². The molecule has 0 amide bonds. The first kappa shape index (κ1) is 14.6. The van der Waals surface area contributed by atoms with E-state index in [1.165, 1.54) is 29.4 Å². The standard InChI is InChI=1S/C19H26N2/c1-15(2)19(21-12-10-20-11-13-21)14-17-8-5-7-16-6-3-4-9-18(16)17/h3-9,15,19-20H,10-14H2,1-2H3. The summed E-state index contributed by atoms with van der Waals surface area (Å²) in [5.41, 5.74) is 1.49. The van der Waals surface area contributed by atoms with Crippen LogP contribution in [0.5, 0.6) is 0 Å². The van der Waals surface area contributed by atoms with Crippen molar-refractivity contribution < 1.29 is 0 Å². The van der Waals surface area contributed by atoms with E-state index in [-0.39, 0.29) is 0 Å². The van der Waals surface area contributed by atoms with Gasteiger partial charge in [0.25, 0.3) is 0 Å². The minimum absolute atomic E-state index is 0.637. The van der Waals surface area contributed by atoms with E-state index in [9.17, 15) is 0 Å². The van der Waals surface area contributed by atoms with Crippen molar-refractivity contribution >= 4 is 10.8 Å². The highest BCUT2D eigenvalue weighted by molar-refractivity contribution is 5.85. The van der Waals surface area contributed by atoms with E-state index in [2.05, 4.69) is 66.5 Å². The van der Waals surface area contributed by atoms with Crippen molar-refractivity contribution in [3.05, 3.63) is 48.0 Å². The van der Waals surface area contributed by atoms with Gasteiger partial charge in [-0.15, -0.1) is 0 Å². The van der Waals surface area contributed by atoms with Crippen LogP contribution in [0.2, 0.25) is 0 Å². The van der Waals surface area contributed by atoms with Crippen LogP contribution in [0.4, 0.5) is 0 Å². The third kappa shape index (κ3) is 3.28. The van der Waals surface area contributed by atoms with E-state index in [1.807, 2.05) is 0 Å². The molecule has 2 nitrogen and oxygen atoms in total.